The van der Waals surface area contributed by atoms with Crippen molar-refractivity contribution in [3.8, 4) is 11.5 Å². The van der Waals surface area contributed by atoms with E-state index in [1.54, 1.807) is 11.8 Å². The van der Waals surface area contributed by atoms with E-state index >= 15 is 0 Å². The third-order valence-electron chi connectivity index (χ3n) is 3.69. The number of rotatable bonds is 4. The quantitative estimate of drug-likeness (QED) is 0.558. The van der Waals surface area contributed by atoms with Crippen molar-refractivity contribution in [3.63, 3.8) is 0 Å². The molecule has 0 fully saturated rings. The van der Waals surface area contributed by atoms with Crippen LogP contribution in [0.2, 0.25) is 0 Å². The van der Waals surface area contributed by atoms with Crippen LogP contribution >= 0.6 is 39.0 Å². The summed E-state index contributed by atoms with van der Waals surface area (Å²) in [5, 5.41) is 4.89. The first-order chi connectivity index (χ1) is 12.7. The van der Waals surface area contributed by atoms with Gasteiger partial charge in [0.15, 0.2) is 11.5 Å². The number of hydrogen-bond donors (Lipinski definition) is 1. The largest absolute Gasteiger partial charge is 0.486 e. The van der Waals surface area contributed by atoms with Gasteiger partial charge in [0.1, 0.15) is 18.1 Å². The summed E-state index contributed by atoms with van der Waals surface area (Å²) in [5.41, 5.74) is 0.702. The maximum atomic E-state index is 12.7. The van der Waals surface area contributed by atoms with Crippen LogP contribution in [-0.2, 0) is 0 Å². The second-order valence-corrected chi connectivity index (χ2v) is 8.34. The first kappa shape index (κ1) is 17.5. The average Bonchev–Trinajstić information content (AvgIpc) is 3.09. The molecule has 0 atom stereocenters. The lowest BCUT2D eigenvalue weighted by Gasteiger charge is -2.21. The summed E-state index contributed by atoms with van der Waals surface area (Å²) in [6, 6.07) is 15.6. The van der Waals surface area contributed by atoms with Crippen molar-refractivity contribution in [2.75, 3.05) is 18.5 Å². The molecule has 0 aliphatic carbocycles. The van der Waals surface area contributed by atoms with Gasteiger partial charge in [-0.15, -0.1) is 11.3 Å². The third-order valence-corrected chi connectivity index (χ3v) is 6.59. The summed E-state index contributed by atoms with van der Waals surface area (Å²) in [7, 11) is 0. The maximum absolute atomic E-state index is 12.7. The van der Waals surface area contributed by atoms with Gasteiger partial charge in [0.2, 0.25) is 0 Å². The second-order valence-electron chi connectivity index (χ2n) is 5.46. The highest BCUT2D eigenvalue weighted by atomic mass is 79.9. The van der Waals surface area contributed by atoms with Crippen LogP contribution < -0.4 is 14.8 Å². The number of amides is 1. The highest BCUT2D eigenvalue weighted by Gasteiger charge is 2.19. The Morgan fingerprint density at radius 2 is 1.81 bits per heavy atom. The van der Waals surface area contributed by atoms with E-state index in [-0.39, 0.29) is 5.91 Å². The van der Waals surface area contributed by atoms with Gasteiger partial charge in [-0.05, 0) is 39.5 Å². The summed E-state index contributed by atoms with van der Waals surface area (Å²) in [4.78, 5) is 15.3. The molecule has 0 saturated heterocycles. The zero-order chi connectivity index (χ0) is 17.9. The number of anilines is 1. The normalized spacial score (nSPS) is 12.7. The minimum absolute atomic E-state index is 0.154. The molecule has 1 amide bonds. The molecule has 4 nitrogen and oxygen atoms in total. The summed E-state index contributed by atoms with van der Waals surface area (Å²) < 4.78 is 12.2. The van der Waals surface area contributed by atoms with Crippen molar-refractivity contribution in [1.82, 2.24) is 0 Å². The van der Waals surface area contributed by atoms with Crippen LogP contribution in [0, 0.1) is 0 Å². The molecule has 7 heteroatoms. The Bertz CT molecular complexity index is 943. The van der Waals surface area contributed by atoms with Gasteiger partial charge >= 0.3 is 0 Å². The van der Waals surface area contributed by atoms with Crippen LogP contribution in [0.4, 0.5) is 5.69 Å². The van der Waals surface area contributed by atoms with E-state index in [1.807, 2.05) is 53.9 Å². The standard InChI is InChI=1S/C19H14BrNO3S2/c20-13-6-9-25-18(13)19(22)21-14-10-15-16(24-8-7-23-15)11-17(14)26-12-4-2-1-3-5-12/h1-6,9-11H,7-8H2,(H,21,22). The van der Waals surface area contributed by atoms with Crippen LogP contribution in [0.5, 0.6) is 11.5 Å². The number of fused-ring (bicyclic) bond motifs is 1. The molecule has 1 N–H and O–H groups in total. The van der Waals surface area contributed by atoms with Crippen molar-refractivity contribution in [3.05, 3.63) is 63.3 Å². The fourth-order valence-electron chi connectivity index (χ4n) is 2.50. The van der Waals surface area contributed by atoms with E-state index < -0.39 is 0 Å². The first-order valence-corrected chi connectivity index (χ1v) is 10.4. The van der Waals surface area contributed by atoms with Crippen molar-refractivity contribution >= 4 is 50.6 Å². The maximum Gasteiger partial charge on any atom is 0.266 e. The summed E-state index contributed by atoms with van der Waals surface area (Å²) in [6.07, 6.45) is 0. The number of hydrogen-bond acceptors (Lipinski definition) is 5. The topological polar surface area (TPSA) is 47.6 Å². The van der Waals surface area contributed by atoms with Gasteiger partial charge in [-0.2, -0.15) is 0 Å². The molecule has 2 heterocycles. The van der Waals surface area contributed by atoms with Gasteiger partial charge in [-0.3, -0.25) is 4.79 Å². The number of halogens is 1. The van der Waals surface area contributed by atoms with E-state index in [9.17, 15) is 4.79 Å². The van der Waals surface area contributed by atoms with Crippen molar-refractivity contribution < 1.29 is 14.3 Å². The molecule has 0 radical (unpaired) electrons. The number of ether oxygens (including phenoxy) is 2. The zero-order valence-electron chi connectivity index (χ0n) is 13.5. The van der Waals surface area contributed by atoms with E-state index in [1.165, 1.54) is 11.3 Å². The highest BCUT2D eigenvalue weighted by molar-refractivity contribution is 9.10. The van der Waals surface area contributed by atoms with Crippen LogP contribution in [-0.4, -0.2) is 19.1 Å². The summed E-state index contributed by atoms with van der Waals surface area (Å²) >= 11 is 6.38. The number of carbonyl (C=O) groups excluding carboxylic acids is 1. The Kier molecular flexibility index (Phi) is 5.19. The number of thiophene rings is 1. The average molecular weight is 448 g/mol. The van der Waals surface area contributed by atoms with Crippen molar-refractivity contribution in [2.45, 2.75) is 9.79 Å². The minimum Gasteiger partial charge on any atom is -0.486 e. The Morgan fingerprint density at radius 3 is 2.50 bits per heavy atom. The van der Waals surface area contributed by atoms with Crippen LogP contribution in [0.3, 0.4) is 0 Å². The number of carbonyl (C=O) groups is 1. The molecular weight excluding hydrogens is 434 g/mol. The molecule has 1 aliphatic heterocycles. The Balaban J connectivity index is 1.69. The van der Waals surface area contributed by atoms with E-state index in [0.717, 1.165) is 14.3 Å². The smallest absolute Gasteiger partial charge is 0.266 e. The zero-order valence-corrected chi connectivity index (χ0v) is 16.7. The Labute approximate surface area is 167 Å². The number of benzene rings is 2. The lowest BCUT2D eigenvalue weighted by Crippen LogP contribution is -2.17. The predicted octanol–water partition coefficient (Wildman–Crippen LogP) is 5.69. The molecule has 0 saturated carbocycles. The SMILES string of the molecule is O=C(Nc1cc2c(cc1Sc1ccccc1)OCCO2)c1sccc1Br. The van der Waals surface area contributed by atoms with Gasteiger partial charge < -0.3 is 14.8 Å². The molecule has 4 rings (SSSR count). The Morgan fingerprint density at radius 1 is 1.08 bits per heavy atom. The van der Waals surface area contributed by atoms with Crippen molar-refractivity contribution in [2.24, 2.45) is 0 Å². The third kappa shape index (κ3) is 3.75. The summed E-state index contributed by atoms with van der Waals surface area (Å²) in [5.74, 6) is 1.19. The molecule has 1 aliphatic rings. The highest BCUT2D eigenvalue weighted by Crippen LogP contribution is 2.42. The fraction of sp³-hybridized carbons (Fsp3) is 0.105. The fourth-order valence-corrected chi connectivity index (χ4v) is 4.88. The van der Waals surface area contributed by atoms with Crippen molar-refractivity contribution in [1.29, 1.82) is 0 Å². The molecule has 0 unspecified atom stereocenters. The molecule has 132 valence electrons. The minimum atomic E-state index is -0.154. The summed E-state index contributed by atoms with van der Waals surface area (Å²) in [6.45, 7) is 1.03. The molecular formula is C19H14BrNO3S2. The van der Waals surface area contributed by atoms with E-state index in [0.29, 0.717) is 35.3 Å². The molecule has 3 aromatic rings. The van der Waals surface area contributed by atoms with E-state index in [2.05, 4.69) is 21.2 Å². The predicted molar refractivity (Wildman–Crippen MR) is 108 cm³/mol. The molecule has 2 aromatic carbocycles. The molecule has 1 aromatic heterocycles. The van der Waals surface area contributed by atoms with Gasteiger partial charge in [-0.1, -0.05) is 30.0 Å². The lowest BCUT2D eigenvalue weighted by atomic mass is 10.2. The van der Waals surface area contributed by atoms with Gasteiger partial charge in [0.05, 0.1) is 5.69 Å². The monoisotopic (exact) mass is 447 g/mol. The first-order valence-electron chi connectivity index (χ1n) is 7.91. The van der Waals surface area contributed by atoms with Crippen LogP contribution in [0.15, 0.2) is 68.2 Å². The van der Waals surface area contributed by atoms with Crippen LogP contribution in [0.1, 0.15) is 9.67 Å². The van der Waals surface area contributed by atoms with Gasteiger partial charge in [-0.25, -0.2) is 0 Å². The molecule has 0 spiro atoms. The Hall–Kier alpha value is -1.96. The second kappa shape index (κ2) is 7.73. The van der Waals surface area contributed by atoms with Gasteiger partial charge in [0, 0.05) is 26.4 Å². The van der Waals surface area contributed by atoms with E-state index in [4.69, 9.17) is 9.47 Å². The van der Waals surface area contributed by atoms with Gasteiger partial charge in [0.25, 0.3) is 5.91 Å². The lowest BCUT2D eigenvalue weighted by molar-refractivity contribution is 0.102. The molecule has 26 heavy (non-hydrogen) atoms. The van der Waals surface area contributed by atoms with Crippen LogP contribution in [0.25, 0.3) is 0 Å². The number of nitrogens with one attached hydrogen (secondary N) is 1. The molecule has 0 bridgehead atoms.